The van der Waals surface area contributed by atoms with Gasteiger partial charge in [-0.25, -0.2) is 8.42 Å². The lowest BCUT2D eigenvalue weighted by atomic mass is 10.1. The Hall–Kier alpha value is -0.890. The van der Waals surface area contributed by atoms with E-state index in [0.29, 0.717) is 12.3 Å². The lowest BCUT2D eigenvalue weighted by Crippen LogP contribution is -2.47. The molecule has 0 amide bonds. The summed E-state index contributed by atoms with van der Waals surface area (Å²) in [5.74, 6) is 0.643. The van der Waals surface area contributed by atoms with Gasteiger partial charge in [-0.2, -0.15) is 4.31 Å². The number of rotatable bonds is 6. The maximum absolute atomic E-state index is 12.6. The average molecular weight is 315 g/mol. The lowest BCUT2D eigenvalue weighted by molar-refractivity contribution is 0.186. The van der Waals surface area contributed by atoms with Gasteiger partial charge in [-0.05, 0) is 45.1 Å². The predicted molar refractivity (Wildman–Crippen MR) is 81.6 cm³/mol. The first-order valence-corrected chi connectivity index (χ1v) is 8.85. The highest BCUT2D eigenvalue weighted by molar-refractivity contribution is 7.89. The summed E-state index contributed by atoms with van der Waals surface area (Å²) in [7, 11) is 0.112. The number of furan rings is 1. The van der Waals surface area contributed by atoms with Crippen LogP contribution in [-0.2, 0) is 16.6 Å². The molecule has 1 saturated heterocycles. The van der Waals surface area contributed by atoms with Crippen molar-refractivity contribution in [2.45, 2.75) is 37.4 Å². The van der Waals surface area contributed by atoms with Crippen LogP contribution in [0, 0.1) is 0 Å². The third-order valence-corrected chi connectivity index (χ3v) is 5.72. The smallest absolute Gasteiger partial charge is 0.276 e. The minimum absolute atomic E-state index is 0.0102. The van der Waals surface area contributed by atoms with Crippen LogP contribution in [0.25, 0.3) is 0 Å². The topological polar surface area (TPSA) is 65.8 Å². The molecule has 1 atom stereocenters. The Morgan fingerprint density at radius 1 is 1.48 bits per heavy atom. The van der Waals surface area contributed by atoms with Crippen molar-refractivity contribution in [3.63, 3.8) is 0 Å². The zero-order chi connectivity index (χ0) is 15.5. The molecule has 0 spiro atoms. The van der Waals surface area contributed by atoms with Crippen LogP contribution in [0.4, 0.5) is 0 Å². The van der Waals surface area contributed by atoms with Gasteiger partial charge in [0.25, 0.3) is 10.0 Å². The molecule has 1 N–H and O–H groups in total. The molecule has 1 aliphatic heterocycles. The van der Waals surface area contributed by atoms with Gasteiger partial charge in [-0.15, -0.1) is 0 Å². The van der Waals surface area contributed by atoms with Crippen molar-refractivity contribution in [3.05, 3.63) is 17.9 Å². The summed E-state index contributed by atoms with van der Waals surface area (Å²) in [5.41, 5.74) is 0. The summed E-state index contributed by atoms with van der Waals surface area (Å²) in [6.07, 6.45) is 1.91. The molecule has 21 heavy (non-hydrogen) atoms. The maximum atomic E-state index is 12.6. The van der Waals surface area contributed by atoms with Crippen molar-refractivity contribution in [2.75, 3.05) is 33.7 Å². The van der Waals surface area contributed by atoms with Crippen LogP contribution in [0.1, 0.15) is 25.5 Å². The van der Waals surface area contributed by atoms with Gasteiger partial charge in [0.2, 0.25) is 5.09 Å². The van der Waals surface area contributed by atoms with Crippen LogP contribution in [0.3, 0.4) is 0 Å². The van der Waals surface area contributed by atoms with Gasteiger partial charge in [0, 0.05) is 19.6 Å². The molecule has 1 aliphatic rings. The number of hydrogen-bond acceptors (Lipinski definition) is 5. The summed E-state index contributed by atoms with van der Waals surface area (Å²) >= 11 is 0. The number of piperidine rings is 1. The third kappa shape index (κ3) is 3.85. The fourth-order valence-corrected chi connectivity index (χ4v) is 3.91. The lowest BCUT2D eigenvalue weighted by Gasteiger charge is -2.34. The average Bonchev–Trinajstić information content (AvgIpc) is 2.93. The largest absolute Gasteiger partial charge is 0.447 e. The predicted octanol–water partition coefficient (Wildman–Crippen LogP) is 1.10. The Kier molecular flexibility index (Phi) is 5.43. The molecular formula is C14H25N3O3S. The molecule has 6 nitrogen and oxygen atoms in total. The Bertz CT molecular complexity index is 556. The van der Waals surface area contributed by atoms with Crippen molar-refractivity contribution in [3.8, 4) is 0 Å². The van der Waals surface area contributed by atoms with Crippen LogP contribution >= 0.6 is 0 Å². The van der Waals surface area contributed by atoms with Gasteiger partial charge in [-0.3, -0.25) is 0 Å². The first kappa shape index (κ1) is 16.5. The Morgan fingerprint density at radius 2 is 2.24 bits per heavy atom. The molecule has 0 saturated carbocycles. The van der Waals surface area contributed by atoms with E-state index in [1.54, 1.807) is 19.2 Å². The highest BCUT2D eigenvalue weighted by Gasteiger charge is 2.32. The van der Waals surface area contributed by atoms with E-state index in [4.69, 9.17) is 4.42 Å². The molecule has 1 aromatic heterocycles. The summed E-state index contributed by atoms with van der Waals surface area (Å²) in [6, 6.07) is 3.28. The molecule has 0 radical (unpaired) electrons. The normalized spacial score (nSPS) is 21.0. The minimum atomic E-state index is -3.55. The fourth-order valence-electron chi connectivity index (χ4n) is 2.61. The zero-order valence-electron chi connectivity index (χ0n) is 13.0. The van der Waals surface area contributed by atoms with E-state index in [0.717, 1.165) is 32.5 Å². The number of hydrogen-bond donors (Lipinski definition) is 1. The second-order valence-electron chi connectivity index (χ2n) is 5.58. The molecular weight excluding hydrogens is 290 g/mol. The highest BCUT2D eigenvalue weighted by Crippen LogP contribution is 2.23. The second kappa shape index (κ2) is 6.91. The quantitative estimate of drug-likeness (QED) is 0.852. The zero-order valence-corrected chi connectivity index (χ0v) is 13.8. The second-order valence-corrected chi connectivity index (χ2v) is 7.51. The van der Waals surface area contributed by atoms with Crippen molar-refractivity contribution in [1.29, 1.82) is 0 Å². The Labute approximate surface area is 127 Å². The molecule has 2 rings (SSSR count). The molecule has 0 aliphatic carbocycles. The van der Waals surface area contributed by atoms with E-state index in [1.165, 1.54) is 4.31 Å². The van der Waals surface area contributed by atoms with E-state index < -0.39 is 10.0 Å². The van der Waals surface area contributed by atoms with Gasteiger partial charge in [0.05, 0.1) is 6.54 Å². The van der Waals surface area contributed by atoms with Crippen LogP contribution in [0.15, 0.2) is 21.6 Å². The molecule has 7 heteroatoms. The van der Waals surface area contributed by atoms with Crippen molar-refractivity contribution in [1.82, 2.24) is 14.5 Å². The van der Waals surface area contributed by atoms with Crippen LogP contribution in [0.5, 0.6) is 0 Å². The molecule has 0 bridgehead atoms. The van der Waals surface area contributed by atoms with Crippen LogP contribution < -0.4 is 5.32 Å². The summed E-state index contributed by atoms with van der Waals surface area (Å²) in [4.78, 5) is 2.17. The van der Waals surface area contributed by atoms with Gasteiger partial charge in [0.1, 0.15) is 5.76 Å². The van der Waals surface area contributed by atoms with Crippen molar-refractivity contribution >= 4 is 10.0 Å². The third-order valence-electron chi connectivity index (χ3n) is 3.93. The number of nitrogens with zero attached hydrogens (tertiary/aromatic N) is 2. The molecule has 2 heterocycles. The number of sulfonamides is 1. The minimum Gasteiger partial charge on any atom is -0.447 e. The molecule has 1 fully saturated rings. The number of likely N-dealkylation sites (tertiary alicyclic amines) is 1. The number of likely N-dealkylation sites (N-methyl/N-ethyl adjacent to an activating group) is 2. The van der Waals surface area contributed by atoms with Gasteiger partial charge in [-0.1, -0.05) is 6.92 Å². The monoisotopic (exact) mass is 315 g/mol. The van der Waals surface area contributed by atoms with Gasteiger partial charge >= 0.3 is 0 Å². The highest BCUT2D eigenvalue weighted by atomic mass is 32.2. The van der Waals surface area contributed by atoms with E-state index >= 15 is 0 Å². The van der Waals surface area contributed by atoms with Gasteiger partial charge in [0.15, 0.2) is 0 Å². The first-order chi connectivity index (χ1) is 9.95. The number of nitrogens with one attached hydrogen (secondary N) is 1. The SMILES string of the molecule is CCNCc1ccc(S(=O)(=O)N(C)C2CCCN(C)C2)o1. The molecule has 120 valence electrons. The first-order valence-electron chi connectivity index (χ1n) is 7.41. The Morgan fingerprint density at radius 3 is 2.90 bits per heavy atom. The Balaban J connectivity index is 2.11. The van der Waals surface area contributed by atoms with Crippen molar-refractivity contribution < 1.29 is 12.8 Å². The van der Waals surface area contributed by atoms with Crippen molar-refractivity contribution in [2.24, 2.45) is 0 Å². The van der Waals surface area contributed by atoms with Crippen LogP contribution in [0.2, 0.25) is 0 Å². The van der Waals surface area contributed by atoms with E-state index in [9.17, 15) is 8.42 Å². The fraction of sp³-hybridized carbons (Fsp3) is 0.714. The molecule has 1 unspecified atom stereocenters. The van der Waals surface area contributed by atoms with Crippen LogP contribution in [-0.4, -0.2) is 57.4 Å². The van der Waals surface area contributed by atoms with Gasteiger partial charge < -0.3 is 14.6 Å². The van der Waals surface area contributed by atoms with E-state index in [2.05, 4.69) is 10.2 Å². The van der Waals surface area contributed by atoms with E-state index in [1.807, 2.05) is 14.0 Å². The molecule has 0 aromatic carbocycles. The maximum Gasteiger partial charge on any atom is 0.276 e. The summed E-state index contributed by atoms with van der Waals surface area (Å²) < 4.78 is 32.2. The standard InChI is InChI=1S/C14H25N3O3S/c1-4-15-10-13-7-8-14(20-13)21(18,19)17(3)12-6-5-9-16(2)11-12/h7-8,12,15H,4-6,9-11H2,1-3H3. The summed E-state index contributed by atoms with van der Waals surface area (Å²) in [6.45, 7) is 5.14. The van der Waals surface area contributed by atoms with E-state index in [-0.39, 0.29) is 11.1 Å². The summed E-state index contributed by atoms with van der Waals surface area (Å²) in [5, 5.41) is 3.15. The molecule has 1 aromatic rings.